The van der Waals surface area contributed by atoms with E-state index >= 15 is 0 Å². The summed E-state index contributed by atoms with van der Waals surface area (Å²) < 4.78 is 0. The minimum absolute atomic E-state index is 0.628. The number of likely N-dealkylation sites (N-methyl/N-ethyl adjacent to an activating group) is 1. The van der Waals surface area contributed by atoms with Gasteiger partial charge in [0.15, 0.2) is 0 Å². The number of nitrogens with one attached hydrogen (secondary N) is 1. The number of halogens is 1. The van der Waals surface area contributed by atoms with Crippen LogP contribution < -0.4 is 10.2 Å². The summed E-state index contributed by atoms with van der Waals surface area (Å²) >= 11 is 6.43. The summed E-state index contributed by atoms with van der Waals surface area (Å²) in [6, 6.07) is 6.84. The van der Waals surface area contributed by atoms with Gasteiger partial charge in [0.05, 0.1) is 10.7 Å². The van der Waals surface area contributed by atoms with Crippen molar-refractivity contribution < 1.29 is 0 Å². The molecule has 1 aromatic rings. The van der Waals surface area contributed by atoms with Gasteiger partial charge in [0.1, 0.15) is 0 Å². The zero-order chi connectivity index (χ0) is 13.8. The Morgan fingerprint density at radius 1 is 1.42 bits per heavy atom. The second kappa shape index (κ2) is 6.60. The van der Waals surface area contributed by atoms with Crippen LogP contribution in [0.1, 0.15) is 18.9 Å². The molecule has 1 aliphatic heterocycles. The van der Waals surface area contributed by atoms with E-state index in [2.05, 4.69) is 42.2 Å². The van der Waals surface area contributed by atoms with Crippen LogP contribution in [0.5, 0.6) is 0 Å². The SMILES string of the molecule is CCNCc1cccc(Cl)c1N1CCC(N(C)C)C1. The molecule has 19 heavy (non-hydrogen) atoms. The van der Waals surface area contributed by atoms with Gasteiger partial charge in [-0.3, -0.25) is 0 Å². The third kappa shape index (κ3) is 3.41. The fourth-order valence-electron chi connectivity index (χ4n) is 2.68. The Balaban J connectivity index is 2.19. The maximum atomic E-state index is 6.43. The molecule has 1 heterocycles. The molecule has 1 N–H and O–H groups in total. The lowest BCUT2D eigenvalue weighted by atomic mass is 10.1. The zero-order valence-electron chi connectivity index (χ0n) is 12.1. The lowest BCUT2D eigenvalue weighted by Crippen LogP contribution is -2.32. The number of nitrogens with zero attached hydrogens (tertiary/aromatic N) is 2. The molecule has 3 nitrogen and oxygen atoms in total. The summed E-state index contributed by atoms with van der Waals surface area (Å²) in [5.74, 6) is 0. The molecule has 106 valence electrons. The fraction of sp³-hybridized carbons (Fsp3) is 0.600. The number of hydrogen-bond acceptors (Lipinski definition) is 3. The van der Waals surface area contributed by atoms with Gasteiger partial charge in [-0.05, 0) is 38.7 Å². The van der Waals surface area contributed by atoms with Crippen molar-refractivity contribution in [2.75, 3.05) is 38.6 Å². The third-order valence-electron chi connectivity index (χ3n) is 3.85. The first-order valence-electron chi connectivity index (χ1n) is 7.03. The molecular weight excluding hydrogens is 258 g/mol. The summed E-state index contributed by atoms with van der Waals surface area (Å²) in [5, 5.41) is 4.26. The van der Waals surface area contributed by atoms with Crippen molar-refractivity contribution in [1.82, 2.24) is 10.2 Å². The Bertz CT molecular complexity index is 420. The lowest BCUT2D eigenvalue weighted by molar-refractivity contribution is 0.315. The number of benzene rings is 1. The predicted octanol–water partition coefficient (Wildman–Crippen LogP) is 2.59. The van der Waals surface area contributed by atoms with Gasteiger partial charge in [-0.2, -0.15) is 0 Å². The largest absolute Gasteiger partial charge is 0.368 e. The maximum Gasteiger partial charge on any atom is 0.0642 e. The number of anilines is 1. The van der Waals surface area contributed by atoms with Crippen molar-refractivity contribution >= 4 is 17.3 Å². The number of rotatable bonds is 5. The highest BCUT2D eigenvalue weighted by atomic mass is 35.5. The van der Waals surface area contributed by atoms with Crippen LogP contribution in [0.25, 0.3) is 0 Å². The van der Waals surface area contributed by atoms with Gasteiger partial charge < -0.3 is 15.1 Å². The first-order valence-corrected chi connectivity index (χ1v) is 7.40. The molecule has 1 saturated heterocycles. The molecular formula is C15H24ClN3. The predicted molar refractivity (Wildman–Crippen MR) is 83.1 cm³/mol. The number of hydrogen-bond donors (Lipinski definition) is 1. The van der Waals surface area contributed by atoms with Crippen LogP contribution in [0.2, 0.25) is 5.02 Å². The van der Waals surface area contributed by atoms with E-state index in [9.17, 15) is 0 Å². The molecule has 1 fully saturated rings. The Labute approximate surface area is 121 Å². The second-order valence-corrected chi connectivity index (χ2v) is 5.79. The highest BCUT2D eigenvalue weighted by Gasteiger charge is 2.26. The van der Waals surface area contributed by atoms with Gasteiger partial charge in [0.25, 0.3) is 0 Å². The highest BCUT2D eigenvalue weighted by molar-refractivity contribution is 6.33. The van der Waals surface area contributed by atoms with Crippen LogP contribution in [0.4, 0.5) is 5.69 Å². The quantitative estimate of drug-likeness (QED) is 0.895. The lowest BCUT2D eigenvalue weighted by Gasteiger charge is -2.25. The van der Waals surface area contributed by atoms with Crippen molar-refractivity contribution in [2.45, 2.75) is 25.9 Å². The van der Waals surface area contributed by atoms with Crippen LogP contribution in [0, 0.1) is 0 Å². The Hall–Kier alpha value is -0.770. The first kappa shape index (κ1) is 14.6. The molecule has 1 unspecified atom stereocenters. The summed E-state index contributed by atoms with van der Waals surface area (Å²) in [6.07, 6.45) is 1.21. The summed E-state index contributed by atoms with van der Waals surface area (Å²) in [6.45, 7) is 6.14. The molecule has 0 amide bonds. The van der Waals surface area contributed by atoms with E-state index in [1.807, 2.05) is 12.1 Å². The van der Waals surface area contributed by atoms with Crippen LogP contribution in [-0.2, 0) is 6.54 Å². The molecule has 0 saturated carbocycles. The Morgan fingerprint density at radius 3 is 2.84 bits per heavy atom. The van der Waals surface area contributed by atoms with Gasteiger partial charge in [-0.25, -0.2) is 0 Å². The minimum atomic E-state index is 0.628. The zero-order valence-corrected chi connectivity index (χ0v) is 12.9. The van der Waals surface area contributed by atoms with Crippen molar-refractivity contribution in [3.8, 4) is 0 Å². The van der Waals surface area contributed by atoms with E-state index in [0.29, 0.717) is 6.04 Å². The Kier molecular flexibility index (Phi) is 5.08. The Morgan fingerprint density at radius 2 is 2.21 bits per heavy atom. The van der Waals surface area contributed by atoms with Gasteiger partial charge in [-0.1, -0.05) is 30.7 Å². The molecule has 0 spiro atoms. The first-order chi connectivity index (χ1) is 9.13. The third-order valence-corrected chi connectivity index (χ3v) is 4.15. The van der Waals surface area contributed by atoms with E-state index in [4.69, 9.17) is 11.6 Å². The number of para-hydroxylation sites is 1. The molecule has 4 heteroatoms. The summed E-state index contributed by atoms with van der Waals surface area (Å²) in [7, 11) is 4.31. The molecule has 1 atom stereocenters. The topological polar surface area (TPSA) is 18.5 Å². The summed E-state index contributed by atoms with van der Waals surface area (Å²) in [4.78, 5) is 4.74. The smallest absolute Gasteiger partial charge is 0.0642 e. The van der Waals surface area contributed by atoms with E-state index < -0.39 is 0 Å². The van der Waals surface area contributed by atoms with Gasteiger partial charge in [0, 0.05) is 25.7 Å². The van der Waals surface area contributed by atoms with E-state index in [1.165, 1.54) is 17.7 Å². The van der Waals surface area contributed by atoms with Gasteiger partial charge in [-0.15, -0.1) is 0 Å². The van der Waals surface area contributed by atoms with E-state index in [-0.39, 0.29) is 0 Å². The molecule has 0 aromatic heterocycles. The van der Waals surface area contributed by atoms with Crippen LogP contribution in [0.15, 0.2) is 18.2 Å². The molecule has 0 aliphatic carbocycles. The van der Waals surface area contributed by atoms with E-state index in [1.54, 1.807) is 0 Å². The maximum absolute atomic E-state index is 6.43. The minimum Gasteiger partial charge on any atom is -0.368 e. The standard InChI is InChI=1S/C15H24ClN3/c1-4-17-10-12-6-5-7-14(16)15(12)19-9-8-13(11-19)18(2)3/h5-7,13,17H,4,8-11H2,1-3H3. The average Bonchev–Trinajstić information content (AvgIpc) is 2.85. The van der Waals surface area contributed by atoms with Crippen molar-refractivity contribution in [3.63, 3.8) is 0 Å². The molecule has 1 aliphatic rings. The van der Waals surface area contributed by atoms with Crippen LogP contribution in [0.3, 0.4) is 0 Å². The van der Waals surface area contributed by atoms with Crippen molar-refractivity contribution in [2.24, 2.45) is 0 Å². The van der Waals surface area contributed by atoms with Crippen LogP contribution in [-0.4, -0.2) is 44.7 Å². The van der Waals surface area contributed by atoms with Crippen LogP contribution >= 0.6 is 11.6 Å². The fourth-order valence-corrected chi connectivity index (χ4v) is 3.00. The summed E-state index contributed by atoms with van der Waals surface area (Å²) in [5.41, 5.74) is 2.52. The van der Waals surface area contributed by atoms with Crippen molar-refractivity contribution in [3.05, 3.63) is 28.8 Å². The highest BCUT2D eigenvalue weighted by Crippen LogP contribution is 2.33. The van der Waals surface area contributed by atoms with Gasteiger partial charge in [0.2, 0.25) is 0 Å². The second-order valence-electron chi connectivity index (χ2n) is 5.38. The molecule has 1 aromatic carbocycles. The average molecular weight is 282 g/mol. The van der Waals surface area contributed by atoms with Gasteiger partial charge >= 0.3 is 0 Å². The molecule has 2 rings (SSSR count). The monoisotopic (exact) mass is 281 g/mol. The van der Waals surface area contributed by atoms with E-state index in [0.717, 1.165) is 31.2 Å². The molecule has 0 bridgehead atoms. The van der Waals surface area contributed by atoms with Crippen molar-refractivity contribution in [1.29, 1.82) is 0 Å². The normalized spacial score (nSPS) is 19.4. The molecule has 0 radical (unpaired) electrons.